The van der Waals surface area contributed by atoms with Crippen LogP contribution in [0.3, 0.4) is 0 Å². The first-order valence-corrected chi connectivity index (χ1v) is 6.05. The van der Waals surface area contributed by atoms with E-state index in [1.807, 2.05) is 0 Å². The first-order chi connectivity index (χ1) is 9.17. The Balaban J connectivity index is 2.65. The molecule has 0 aliphatic carbocycles. The second-order valence-corrected chi connectivity index (χ2v) is 4.36. The van der Waals surface area contributed by atoms with Crippen molar-refractivity contribution < 1.29 is 13.9 Å². The molecule has 2 aromatic carbocycles. The summed E-state index contributed by atoms with van der Waals surface area (Å²) in [7, 11) is 1.56. The molecule has 1 atom stereocenters. The van der Waals surface area contributed by atoms with Gasteiger partial charge in [-0.3, -0.25) is 0 Å². The van der Waals surface area contributed by atoms with Gasteiger partial charge in [0.05, 0.1) is 7.11 Å². The second kappa shape index (κ2) is 5.65. The predicted octanol–water partition coefficient (Wildman–Crippen LogP) is 3.80. The summed E-state index contributed by atoms with van der Waals surface area (Å²) in [6.07, 6.45) is 0.853. The highest BCUT2D eigenvalue weighted by atomic mass is 19.1. The molecule has 0 saturated carbocycles. The fraction of sp³-hybridized carbons (Fsp3) is 0.188. The molecule has 3 heteroatoms. The number of ether oxygens (including phenoxy) is 1. The van der Waals surface area contributed by atoms with Crippen molar-refractivity contribution in [3.63, 3.8) is 0 Å². The van der Waals surface area contributed by atoms with Crippen LogP contribution in [0, 0.1) is 5.82 Å². The summed E-state index contributed by atoms with van der Waals surface area (Å²) in [4.78, 5) is 11.0. The molecule has 0 aromatic heterocycles. The van der Waals surface area contributed by atoms with E-state index in [4.69, 9.17) is 4.74 Å². The zero-order valence-electron chi connectivity index (χ0n) is 10.9. The van der Waals surface area contributed by atoms with Gasteiger partial charge >= 0.3 is 0 Å². The lowest BCUT2D eigenvalue weighted by Gasteiger charge is -2.14. The molecule has 0 heterocycles. The van der Waals surface area contributed by atoms with Gasteiger partial charge in [-0.15, -0.1) is 0 Å². The Morgan fingerprint density at radius 1 is 1.16 bits per heavy atom. The Hall–Kier alpha value is -2.16. The Labute approximate surface area is 111 Å². The minimum Gasteiger partial charge on any atom is -0.497 e. The number of benzene rings is 2. The van der Waals surface area contributed by atoms with E-state index in [-0.39, 0.29) is 11.7 Å². The fourth-order valence-electron chi connectivity index (χ4n) is 2.05. The average Bonchev–Trinajstić information content (AvgIpc) is 2.46. The van der Waals surface area contributed by atoms with E-state index in [9.17, 15) is 9.18 Å². The monoisotopic (exact) mass is 258 g/mol. The summed E-state index contributed by atoms with van der Waals surface area (Å²) in [5.41, 5.74) is 1.96. The molecule has 0 N–H and O–H groups in total. The van der Waals surface area contributed by atoms with Gasteiger partial charge in [-0.05, 0) is 29.3 Å². The lowest BCUT2D eigenvalue weighted by Crippen LogP contribution is -1.99. The van der Waals surface area contributed by atoms with Crippen LogP contribution >= 0.6 is 0 Å². The highest BCUT2D eigenvalue weighted by Gasteiger charge is 2.15. The van der Waals surface area contributed by atoms with Gasteiger partial charge in [-0.25, -0.2) is 4.39 Å². The number of aldehydes is 1. The van der Waals surface area contributed by atoms with Gasteiger partial charge in [-0.2, -0.15) is 0 Å². The van der Waals surface area contributed by atoms with Crippen LogP contribution in [0.5, 0.6) is 5.75 Å². The number of hydrogen-bond acceptors (Lipinski definition) is 2. The molecule has 0 amide bonds. The van der Waals surface area contributed by atoms with Gasteiger partial charge in [0.15, 0.2) is 0 Å². The van der Waals surface area contributed by atoms with Crippen LogP contribution in [-0.4, -0.2) is 13.4 Å². The highest BCUT2D eigenvalue weighted by molar-refractivity contribution is 5.75. The van der Waals surface area contributed by atoms with Crippen LogP contribution in [0.25, 0.3) is 11.1 Å². The van der Waals surface area contributed by atoms with Crippen molar-refractivity contribution in [1.82, 2.24) is 0 Å². The van der Waals surface area contributed by atoms with Gasteiger partial charge < -0.3 is 9.53 Å². The Morgan fingerprint density at radius 2 is 1.89 bits per heavy atom. The van der Waals surface area contributed by atoms with Crippen LogP contribution in [-0.2, 0) is 4.79 Å². The Kier molecular flexibility index (Phi) is 3.95. The highest BCUT2D eigenvalue weighted by Crippen LogP contribution is 2.33. The Morgan fingerprint density at radius 3 is 2.53 bits per heavy atom. The van der Waals surface area contributed by atoms with Gasteiger partial charge in [0.1, 0.15) is 17.9 Å². The SMILES string of the molecule is COc1ccc(C(C)C=O)c(-c2ccccc2F)c1. The molecule has 0 fully saturated rings. The summed E-state index contributed by atoms with van der Waals surface area (Å²) in [6.45, 7) is 1.79. The minimum atomic E-state index is -0.310. The summed E-state index contributed by atoms with van der Waals surface area (Å²) in [5, 5.41) is 0. The third-order valence-corrected chi connectivity index (χ3v) is 3.12. The van der Waals surface area contributed by atoms with Crippen LogP contribution < -0.4 is 4.74 Å². The third-order valence-electron chi connectivity index (χ3n) is 3.12. The summed E-state index contributed by atoms with van der Waals surface area (Å²) in [6, 6.07) is 11.9. The number of halogens is 1. The number of carbonyl (C=O) groups is 1. The van der Waals surface area contributed by atoms with E-state index in [0.717, 1.165) is 11.8 Å². The van der Waals surface area contributed by atoms with Crippen molar-refractivity contribution in [3.05, 3.63) is 53.8 Å². The summed E-state index contributed by atoms with van der Waals surface area (Å²) >= 11 is 0. The summed E-state index contributed by atoms with van der Waals surface area (Å²) < 4.78 is 19.1. The van der Waals surface area contributed by atoms with E-state index in [1.54, 1.807) is 50.4 Å². The molecular formula is C16H15FO2. The van der Waals surface area contributed by atoms with Crippen molar-refractivity contribution in [2.75, 3.05) is 7.11 Å². The van der Waals surface area contributed by atoms with Crippen molar-refractivity contribution in [1.29, 1.82) is 0 Å². The molecule has 0 saturated heterocycles. The molecular weight excluding hydrogens is 243 g/mol. The molecule has 1 unspecified atom stereocenters. The molecule has 98 valence electrons. The van der Waals surface area contributed by atoms with E-state index in [0.29, 0.717) is 16.9 Å². The second-order valence-electron chi connectivity index (χ2n) is 4.36. The fourth-order valence-corrected chi connectivity index (χ4v) is 2.05. The maximum Gasteiger partial charge on any atom is 0.131 e. The third kappa shape index (κ3) is 2.65. The van der Waals surface area contributed by atoms with Crippen LogP contribution in [0.2, 0.25) is 0 Å². The number of methoxy groups -OCH3 is 1. The van der Waals surface area contributed by atoms with Gasteiger partial charge in [-0.1, -0.05) is 31.2 Å². The number of hydrogen-bond donors (Lipinski definition) is 0. The topological polar surface area (TPSA) is 26.3 Å². The normalized spacial score (nSPS) is 11.9. The van der Waals surface area contributed by atoms with Gasteiger partial charge in [0.25, 0.3) is 0 Å². The zero-order chi connectivity index (χ0) is 13.8. The molecule has 0 aliphatic rings. The van der Waals surface area contributed by atoms with Crippen LogP contribution in [0.4, 0.5) is 4.39 Å². The first-order valence-electron chi connectivity index (χ1n) is 6.05. The van der Waals surface area contributed by atoms with E-state index in [1.165, 1.54) is 6.07 Å². The predicted molar refractivity (Wildman–Crippen MR) is 72.9 cm³/mol. The first kappa shape index (κ1) is 13.3. The molecule has 0 radical (unpaired) electrons. The molecule has 19 heavy (non-hydrogen) atoms. The zero-order valence-corrected chi connectivity index (χ0v) is 10.9. The smallest absolute Gasteiger partial charge is 0.131 e. The molecule has 2 rings (SSSR count). The quantitative estimate of drug-likeness (QED) is 0.780. The maximum atomic E-state index is 13.9. The van der Waals surface area contributed by atoms with E-state index in [2.05, 4.69) is 0 Å². The Bertz CT molecular complexity index is 593. The molecule has 0 spiro atoms. The number of carbonyl (C=O) groups excluding carboxylic acids is 1. The van der Waals surface area contributed by atoms with Crippen LogP contribution in [0.15, 0.2) is 42.5 Å². The minimum absolute atomic E-state index is 0.291. The van der Waals surface area contributed by atoms with Gasteiger partial charge in [0.2, 0.25) is 0 Å². The molecule has 0 aliphatic heterocycles. The number of rotatable bonds is 4. The van der Waals surface area contributed by atoms with Crippen molar-refractivity contribution in [3.8, 4) is 16.9 Å². The lowest BCUT2D eigenvalue weighted by atomic mass is 9.92. The summed E-state index contributed by atoms with van der Waals surface area (Å²) in [5.74, 6) is 0.0377. The van der Waals surface area contributed by atoms with Crippen molar-refractivity contribution in [2.24, 2.45) is 0 Å². The molecule has 0 bridgehead atoms. The standard InChI is InChI=1S/C16H15FO2/c1-11(10-18)13-8-7-12(19-2)9-15(13)14-5-3-4-6-16(14)17/h3-11H,1-2H3. The van der Waals surface area contributed by atoms with Crippen molar-refractivity contribution >= 4 is 6.29 Å². The van der Waals surface area contributed by atoms with E-state index < -0.39 is 0 Å². The van der Waals surface area contributed by atoms with E-state index >= 15 is 0 Å². The molecule has 2 nitrogen and oxygen atoms in total. The lowest BCUT2D eigenvalue weighted by molar-refractivity contribution is -0.108. The van der Waals surface area contributed by atoms with Crippen molar-refractivity contribution in [2.45, 2.75) is 12.8 Å². The average molecular weight is 258 g/mol. The van der Waals surface area contributed by atoms with Crippen LogP contribution in [0.1, 0.15) is 18.4 Å². The van der Waals surface area contributed by atoms with Gasteiger partial charge in [0, 0.05) is 11.5 Å². The largest absolute Gasteiger partial charge is 0.497 e. The molecule has 2 aromatic rings. The maximum absolute atomic E-state index is 13.9.